The Hall–Kier alpha value is -0.603. The Kier molecular flexibility index (Phi) is 2.47. The molecule has 0 fully saturated rings. The number of hydrogen-bond donors (Lipinski definition) is 0. The molecule has 59 valence electrons. The van der Waals surface area contributed by atoms with Crippen LogP contribution in [0.4, 0.5) is 0 Å². The van der Waals surface area contributed by atoms with E-state index in [1.54, 1.807) is 0 Å². The van der Waals surface area contributed by atoms with Gasteiger partial charge in [-0.15, -0.1) is 0 Å². The Balaban J connectivity index is 2.93. The molecule has 1 nitrogen and oxygen atoms in total. The average molecular weight is 165 g/mol. The van der Waals surface area contributed by atoms with Gasteiger partial charge in [-0.1, -0.05) is 48.6 Å². The van der Waals surface area contributed by atoms with Crippen LogP contribution in [0.5, 0.6) is 0 Å². The van der Waals surface area contributed by atoms with Crippen molar-refractivity contribution in [3.05, 3.63) is 30.3 Å². The maximum Gasteiger partial charge on any atom is 0.113 e. The van der Waals surface area contributed by atoms with E-state index in [0.717, 1.165) is 0 Å². The van der Waals surface area contributed by atoms with E-state index in [4.69, 9.17) is 0 Å². The summed E-state index contributed by atoms with van der Waals surface area (Å²) in [4.78, 5) is 0. The first-order valence-electron chi connectivity index (χ1n) is 3.80. The minimum atomic E-state index is -1.61. The van der Waals surface area contributed by atoms with Crippen molar-refractivity contribution in [3.63, 3.8) is 0 Å². The van der Waals surface area contributed by atoms with E-state index in [-0.39, 0.29) is 6.23 Å². The lowest BCUT2D eigenvalue weighted by molar-refractivity contribution is 0.248. The molecule has 0 heterocycles. The van der Waals surface area contributed by atoms with Gasteiger partial charge in [0, 0.05) is 0 Å². The zero-order valence-corrected chi connectivity index (χ0v) is 8.00. The molecule has 0 amide bonds. The molecule has 0 aromatic heterocycles. The summed E-state index contributed by atoms with van der Waals surface area (Å²) in [5.74, 6) is 0. The molecule has 0 aliphatic rings. The number of rotatable bonds is 2. The Morgan fingerprint density at radius 3 is 2.18 bits per heavy atom. The molecule has 0 unspecified atom stereocenters. The van der Waals surface area contributed by atoms with E-state index in [0.29, 0.717) is 0 Å². The van der Waals surface area contributed by atoms with Crippen LogP contribution in [-0.2, 0) is 5.11 Å². The second-order valence-electron chi connectivity index (χ2n) is 3.39. The van der Waals surface area contributed by atoms with Crippen LogP contribution >= 0.6 is 0 Å². The third kappa shape index (κ3) is 1.91. The van der Waals surface area contributed by atoms with E-state index in [1.165, 1.54) is 5.19 Å². The molecule has 0 aliphatic heterocycles. The van der Waals surface area contributed by atoms with Gasteiger partial charge in [0.1, 0.15) is 8.07 Å². The quantitative estimate of drug-likeness (QED) is 0.593. The predicted molar refractivity (Wildman–Crippen MR) is 49.1 cm³/mol. The Bertz CT molecular complexity index is 218. The van der Waals surface area contributed by atoms with Crippen molar-refractivity contribution in [1.29, 1.82) is 0 Å². The van der Waals surface area contributed by atoms with Crippen LogP contribution in [0.15, 0.2) is 30.3 Å². The summed E-state index contributed by atoms with van der Waals surface area (Å²) in [6.07, 6.45) is 0.0804. The Morgan fingerprint density at radius 2 is 1.73 bits per heavy atom. The van der Waals surface area contributed by atoms with E-state index in [2.05, 4.69) is 25.2 Å². The summed E-state index contributed by atoms with van der Waals surface area (Å²) in [5.41, 5.74) is 0. The minimum Gasteiger partial charge on any atom is -0.240 e. The van der Waals surface area contributed by atoms with Crippen LogP contribution in [0.1, 0.15) is 0 Å². The maximum atomic E-state index is 10.8. The van der Waals surface area contributed by atoms with Gasteiger partial charge in [0.05, 0.1) is 6.23 Å². The lowest BCUT2D eigenvalue weighted by atomic mass is 10.4. The van der Waals surface area contributed by atoms with Gasteiger partial charge in [-0.05, 0) is 0 Å². The van der Waals surface area contributed by atoms with E-state index in [9.17, 15) is 5.11 Å². The highest BCUT2D eigenvalue weighted by Crippen LogP contribution is 2.00. The van der Waals surface area contributed by atoms with Gasteiger partial charge in [0.25, 0.3) is 0 Å². The van der Waals surface area contributed by atoms with Gasteiger partial charge in [0.15, 0.2) is 0 Å². The zero-order chi connectivity index (χ0) is 8.32. The van der Waals surface area contributed by atoms with E-state index >= 15 is 0 Å². The molecule has 1 aromatic rings. The zero-order valence-electron chi connectivity index (χ0n) is 7.00. The predicted octanol–water partition coefficient (Wildman–Crippen LogP) is 1.57. The molecule has 0 spiro atoms. The molecule has 11 heavy (non-hydrogen) atoms. The maximum absolute atomic E-state index is 10.8. The van der Waals surface area contributed by atoms with Gasteiger partial charge >= 0.3 is 0 Å². The molecule has 0 aliphatic carbocycles. The fourth-order valence-corrected chi connectivity index (χ4v) is 2.23. The van der Waals surface area contributed by atoms with Crippen molar-refractivity contribution in [2.45, 2.75) is 13.1 Å². The molecule has 1 aromatic carbocycles. The number of benzene rings is 1. The fraction of sp³-hybridized carbons (Fsp3) is 0.333. The fourth-order valence-electron chi connectivity index (χ4n) is 0.973. The molecule has 2 heteroatoms. The van der Waals surface area contributed by atoms with Crippen LogP contribution in [0.3, 0.4) is 0 Å². The SMILES string of the molecule is C[Si](C)(C[O])c1ccccc1. The average Bonchev–Trinajstić information content (AvgIpc) is 2.06. The lowest BCUT2D eigenvalue weighted by Crippen LogP contribution is -2.44. The van der Waals surface area contributed by atoms with Crippen molar-refractivity contribution >= 4 is 13.3 Å². The summed E-state index contributed by atoms with van der Waals surface area (Å²) >= 11 is 0. The standard InChI is InChI=1S/C9H13OSi/c1-11(2,8-10)9-6-4-3-5-7-9/h3-7H,8H2,1-2H3. The first-order chi connectivity index (χ1) is 5.17. The first-order valence-corrected chi connectivity index (χ1v) is 7.01. The molecule has 0 atom stereocenters. The molecule has 0 saturated carbocycles. The molecule has 0 N–H and O–H groups in total. The van der Waals surface area contributed by atoms with Crippen molar-refractivity contribution in [1.82, 2.24) is 0 Å². The minimum absolute atomic E-state index is 0.0804. The van der Waals surface area contributed by atoms with Gasteiger partial charge in [-0.25, -0.2) is 5.11 Å². The first kappa shape index (κ1) is 8.49. The monoisotopic (exact) mass is 165 g/mol. The van der Waals surface area contributed by atoms with Crippen LogP contribution in [0.25, 0.3) is 0 Å². The highest BCUT2D eigenvalue weighted by atomic mass is 28.3. The molecule has 1 rings (SSSR count). The summed E-state index contributed by atoms with van der Waals surface area (Å²) in [7, 11) is -1.61. The van der Waals surface area contributed by atoms with Crippen molar-refractivity contribution in [3.8, 4) is 0 Å². The second-order valence-corrected chi connectivity index (χ2v) is 8.03. The highest BCUT2D eigenvalue weighted by Gasteiger charge is 2.22. The molecular weight excluding hydrogens is 152 g/mol. The molecule has 0 bridgehead atoms. The van der Waals surface area contributed by atoms with Crippen LogP contribution < -0.4 is 5.19 Å². The summed E-state index contributed by atoms with van der Waals surface area (Å²) in [6, 6.07) is 10.1. The molecular formula is C9H13OSi. The van der Waals surface area contributed by atoms with Crippen LogP contribution in [-0.4, -0.2) is 14.3 Å². The van der Waals surface area contributed by atoms with Crippen molar-refractivity contribution in [2.24, 2.45) is 0 Å². The van der Waals surface area contributed by atoms with Gasteiger partial charge in [-0.3, -0.25) is 0 Å². The third-order valence-corrected chi connectivity index (χ3v) is 4.53. The summed E-state index contributed by atoms with van der Waals surface area (Å²) in [5, 5.41) is 12.1. The van der Waals surface area contributed by atoms with Crippen LogP contribution in [0.2, 0.25) is 13.1 Å². The lowest BCUT2D eigenvalue weighted by Gasteiger charge is -2.17. The molecule has 1 radical (unpaired) electrons. The van der Waals surface area contributed by atoms with Crippen molar-refractivity contribution in [2.75, 3.05) is 6.23 Å². The molecule has 0 saturated heterocycles. The van der Waals surface area contributed by atoms with Gasteiger partial charge in [0.2, 0.25) is 0 Å². The van der Waals surface area contributed by atoms with Crippen LogP contribution in [0, 0.1) is 0 Å². The van der Waals surface area contributed by atoms with Crippen molar-refractivity contribution < 1.29 is 5.11 Å². The number of hydrogen-bond acceptors (Lipinski definition) is 0. The van der Waals surface area contributed by atoms with E-state index < -0.39 is 8.07 Å². The normalized spacial score (nSPS) is 11.5. The second kappa shape index (κ2) is 3.20. The summed E-state index contributed by atoms with van der Waals surface area (Å²) < 4.78 is 0. The van der Waals surface area contributed by atoms with Gasteiger partial charge in [-0.2, -0.15) is 0 Å². The summed E-state index contributed by atoms with van der Waals surface area (Å²) in [6.45, 7) is 4.21. The Morgan fingerprint density at radius 1 is 1.18 bits per heavy atom. The smallest absolute Gasteiger partial charge is 0.113 e. The Labute approximate surface area is 68.7 Å². The third-order valence-electron chi connectivity index (χ3n) is 1.92. The largest absolute Gasteiger partial charge is 0.240 e. The van der Waals surface area contributed by atoms with E-state index in [1.807, 2.05) is 18.2 Å². The highest BCUT2D eigenvalue weighted by molar-refractivity contribution is 6.89. The van der Waals surface area contributed by atoms with Gasteiger partial charge < -0.3 is 0 Å². The topological polar surface area (TPSA) is 19.9 Å².